The summed E-state index contributed by atoms with van der Waals surface area (Å²) in [7, 11) is -9.92. The first-order valence-electron chi connectivity index (χ1n) is 41.0. The highest BCUT2D eigenvalue weighted by molar-refractivity contribution is 7.47. The summed E-state index contributed by atoms with van der Waals surface area (Å²) < 4.78 is 68.6. The van der Waals surface area contributed by atoms with Gasteiger partial charge in [-0.05, 0) is 37.5 Å². The molecule has 0 radical (unpaired) electrons. The Labute approximate surface area is 600 Å². The zero-order valence-corrected chi connectivity index (χ0v) is 65.9. The summed E-state index contributed by atoms with van der Waals surface area (Å²) in [6, 6.07) is 0. The lowest BCUT2D eigenvalue weighted by Crippen LogP contribution is -2.30. The first-order valence-corrected chi connectivity index (χ1v) is 44.0. The summed E-state index contributed by atoms with van der Waals surface area (Å²) in [5.74, 6) is -0.655. The fourth-order valence-corrected chi connectivity index (χ4v) is 13.8. The van der Waals surface area contributed by atoms with Crippen molar-refractivity contribution in [2.24, 2.45) is 11.8 Å². The molecule has 0 fully saturated rings. The Morgan fingerprint density at radius 3 is 0.694 bits per heavy atom. The van der Waals surface area contributed by atoms with Gasteiger partial charge in [-0.2, -0.15) is 0 Å². The molecular formula is C79H154O17P2. The van der Waals surface area contributed by atoms with Gasteiger partial charge in [0.25, 0.3) is 0 Å². The number of phosphoric ester groups is 2. The molecule has 0 aromatic rings. The van der Waals surface area contributed by atoms with E-state index in [4.69, 9.17) is 37.0 Å². The smallest absolute Gasteiger partial charge is 0.462 e. The Morgan fingerprint density at radius 2 is 0.469 bits per heavy atom. The van der Waals surface area contributed by atoms with Crippen LogP contribution in [0, 0.1) is 11.8 Å². The molecule has 0 aliphatic heterocycles. The Balaban J connectivity index is 5.24. The molecule has 0 aliphatic carbocycles. The molecule has 17 nitrogen and oxygen atoms in total. The number of unbranched alkanes of at least 4 members (excludes halogenated alkanes) is 48. The average molecular weight is 1440 g/mol. The molecule has 0 rings (SSSR count). The van der Waals surface area contributed by atoms with Crippen molar-refractivity contribution in [2.45, 2.75) is 432 Å². The quantitative estimate of drug-likeness (QED) is 0.0222. The highest BCUT2D eigenvalue weighted by Crippen LogP contribution is 2.45. The Morgan fingerprint density at radius 1 is 0.276 bits per heavy atom. The molecule has 0 spiro atoms. The molecule has 0 saturated carbocycles. The molecule has 0 saturated heterocycles. The van der Waals surface area contributed by atoms with E-state index in [-0.39, 0.29) is 25.7 Å². The van der Waals surface area contributed by atoms with Crippen LogP contribution in [0.1, 0.15) is 414 Å². The van der Waals surface area contributed by atoms with Gasteiger partial charge in [-0.15, -0.1) is 0 Å². The van der Waals surface area contributed by atoms with Crippen molar-refractivity contribution in [2.75, 3.05) is 39.6 Å². The lowest BCUT2D eigenvalue weighted by Gasteiger charge is -2.21. The molecule has 0 aromatic heterocycles. The topological polar surface area (TPSA) is 237 Å². The van der Waals surface area contributed by atoms with E-state index in [1.807, 2.05) is 0 Å². The van der Waals surface area contributed by atoms with Crippen LogP contribution in [0.2, 0.25) is 0 Å². The predicted octanol–water partition coefficient (Wildman–Crippen LogP) is 23.5. The van der Waals surface area contributed by atoms with Crippen LogP contribution in [0.3, 0.4) is 0 Å². The molecule has 19 heteroatoms. The number of ether oxygens (including phenoxy) is 4. The highest BCUT2D eigenvalue weighted by atomic mass is 31.2. The molecule has 5 atom stereocenters. The summed E-state index contributed by atoms with van der Waals surface area (Å²) >= 11 is 0. The summed E-state index contributed by atoms with van der Waals surface area (Å²) in [5.41, 5.74) is 0. The van der Waals surface area contributed by atoms with Gasteiger partial charge in [-0.25, -0.2) is 9.13 Å². The standard InChI is InChI=1S/C79H154O17P2/c1-7-9-11-13-15-17-19-21-23-25-27-29-31-33-38-44-51-57-63-78(83)95-74(67-89-76(81)61-55-49-43-37-32-30-28-26-24-22-20-18-16-14-12-10-8-2)69-93-97(85,86)91-65-73(80)66-92-98(87,88)94-70-75(68-90-77(82)62-56-50-46-40-42-48-54-60-72(5)6)96-79(84)64-58-52-45-39-35-34-36-41-47-53-59-71(3)4/h71-75,80H,7-70H2,1-6H3,(H,85,86)(H,87,88)/t73-,74-,75-/m1/s1. The molecule has 0 aliphatic rings. The highest BCUT2D eigenvalue weighted by Gasteiger charge is 2.30. The third-order valence-electron chi connectivity index (χ3n) is 18.5. The van der Waals surface area contributed by atoms with E-state index in [1.165, 1.54) is 225 Å². The van der Waals surface area contributed by atoms with E-state index in [2.05, 4.69) is 41.5 Å². The van der Waals surface area contributed by atoms with Crippen molar-refractivity contribution < 1.29 is 80.2 Å². The molecule has 3 N–H and O–H groups in total. The molecule has 582 valence electrons. The van der Waals surface area contributed by atoms with Crippen LogP contribution in [0.15, 0.2) is 0 Å². The van der Waals surface area contributed by atoms with Gasteiger partial charge in [0.05, 0.1) is 26.4 Å². The number of carbonyl (C=O) groups excluding carboxylic acids is 4. The number of phosphoric acid groups is 2. The molecule has 0 amide bonds. The number of aliphatic hydroxyl groups excluding tert-OH is 1. The maximum Gasteiger partial charge on any atom is 0.472 e. The van der Waals surface area contributed by atoms with Crippen molar-refractivity contribution in [1.82, 2.24) is 0 Å². The second-order valence-corrected chi connectivity index (χ2v) is 32.3. The lowest BCUT2D eigenvalue weighted by molar-refractivity contribution is -0.161. The van der Waals surface area contributed by atoms with E-state index in [0.717, 1.165) is 102 Å². The van der Waals surface area contributed by atoms with Gasteiger partial charge in [-0.1, -0.05) is 363 Å². The maximum atomic E-state index is 13.1. The number of aliphatic hydroxyl groups is 1. The van der Waals surface area contributed by atoms with Crippen LogP contribution >= 0.6 is 15.6 Å². The van der Waals surface area contributed by atoms with Crippen molar-refractivity contribution in [3.8, 4) is 0 Å². The van der Waals surface area contributed by atoms with Crippen molar-refractivity contribution in [1.29, 1.82) is 0 Å². The number of rotatable bonds is 78. The largest absolute Gasteiger partial charge is 0.472 e. The van der Waals surface area contributed by atoms with E-state index in [0.29, 0.717) is 31.6 Å². The van der Waals surface area contributed by atoms with Gasteiger partial charge in [0.15, 0.2) is 12.2 Å². The number of carbonyl (C=O) groups is 4. The zero-order chi connectivity index (χ0) is 72.1. The molecule has 98 heavy (non-hydrogen) atoms. The fraction of sp³-hybridized carbons (Fsp3) is 0.949. The molecule has 0 bridgehead atoms. The van der Waals surface area contributed by atoms with Gasteiger partial charge in [0.2, 0.25) is 0 Å². The Hall–Kier alpha value is -1.94. The minimum absolute atomic E-state index is 0.105. The monoisotopic (exact) mass is 1440 g/mol. The summed E-state index contributed by atoms with van der Waals surface area (Å²) in [6.07, 6.45) is 59.8. The fourth-order valence-electron chi connectivity index (χ4n) is 12.2. The molecule has 0 heterocycles. The first kappa shape index (κ1) is 96.1. The summed E-state index contributed by atoms with van der Waals surface area (Å²) in [5, 5.41) is 10.6. The van der Waals surface area contributed by atoms with Crippen molar-refractivity contribution in [3.63, 3.8) is 0 Å². The predicted molar refractivity (Wildman–Crippen MR) is 400 cm³/mol. The third kappa shape index (κ3) is 72.4. The number of hydrogen-bond donors (Lipinski definition) is 3. The lowest BCUT2D eigenvalue weighted by atomic mass is 10.0. The minimum atomic E-state index is -4.96. The SMILES string of the molecule is CCCCCCCCCCCCCCCCCCCCC(=O)O[C@H](COC(=O)CCCCCCCCCCCCCCCCCCC)COP(=O)(O)OC[C@@H](O)COP(=O)(O)OC[C@@H](COC(=O)CCCCCCCCCC(C)C)OC(=O)CCCCCCCCCCCCC(C)C. The van der Waals surface area contributed by atoms with Crippen LogP contribution in [-0.2, 0) is 65.4 Å². The molecular weight excluding hydrogens is 1280 g/mol. The minimum Gasteiger partial charge on any atom is -0.462 e. The second-order valence-electron chi connectivity index (χ2n) is 29.4. The third-order valence-corrected chi connectivity index (χ3v) is 20.4. The van der Waals surface area contributed by atoms with Gasteiger partial charge in [0, 0.05) is 25.7 Å². The normalized spacial score (nSPS) is 13.9. The zero-order valence-electron chi connectivity index (χ0n) is 64.1. The molecule has 2 unspecified atom stereocenters. The Bertz CT molecular complexity index is 1890. The van der Waals surface area contributed by atoms with Crippen LogP contribution in [0.25, 0.3) is 0 Å². The molecule has 0 aromatic carbocycles. The van der Waals surface area contributed by atoms with Gasteiger partial charge in [-0.3, -0.25) is 37.3 Å². The average Bonchev–Trinajstić information content (AvgIpc) is 1.27. The van der Waals surface area contributed by atoms with Crippen molar-refractivity contribution in [3.05, 3.63) is 0 Å². The number of esters is 4. The Kier molecular flexibility index (Phi) is 69.3. The van der Waals surface area contributed by atoms with Gasteiger partial charge in [0.1, 0.15) is 19.3 Å². The van der Waals surface area contributed by atoms with E-state index >= 15 is 0 Å². The number of hydrogen-bond acceptors (Lipinski definition) is 15. The first-order chi connectivity index (χ1) is 47.4. The summed E-state index contributed by atoms with van der Waals surface area (Å²) in [6.45, 7) is 9.56. The van der Waals surface area contributed by atoms with Crippen LogP contribution in [0.5, 0.6) is 0 Å². The maximum absolute atomic E-state index is 13.1. The second kappa shape index (κ2) is 70.7. The van der Waals surface area contributed by atoms with E-state index < -0.39 is 97.5 Å². The van der Waals surface area contributed by atoms with E-state index in [9.17, 15) is 43.2 Å². The van der Waals surface area contributed by atoms with Crippen LogP contribution in [0.4, 0.5) is 0 Å². The van der Waals surface area contributed by atoms with Crippen LogP contribution < -0.4 is 0 Å². The van der Waals surface area contributed by atoms with Crippen LogP contribution in [-0.4, -0.2) is 96.7 Å². The van der Waals surface area contributed by atoms with Gasteiger partial charge >= 0.3 is 39.5 Å². The van der Waals surface area contributed by atoms with E-state index in [1.54, 1.807) is 0 Å². The van der Waals surface area contributed by atoms with Gasteiger partial charge < -0.3 is 33.8 Å². The summed E-state index contributed by atoms with van der Waals surface area (Å²) in [4.78, 5) is 72.9. The van der Waals surface area contributed by atoms with Crippen molar-refractivity contribution >= 4 is 39.5 Å².